The van der Waals surface area contributed by atoms with Crippen LogP contribution in [-0.2, 0) is 0 Å². The first-order valence-electron chi connectivity index (χ1n) is 10.5. The van der Waals surface area contributed by atoms with E-state index in [9.17, 15) is 4.79 Å². The predicted molar refractivity (Wildman–Crippen MR) is 109 cm³/mol. The molecule has 1 saturated carbocycles. The molecule has 3 heterocycles. The molecular weight excluding hydrogens is 350 g/mol. The summed E-state index contributed by atoms with van der Waals surface area (Å²) >= 11 is 0. The van der Waals surface area contributed by atoms with Crippen LogP contribution in [0.4, 0.5) is 5.95 Å². The number of piperidine rings is 1. The van der Waals surface area contributed by atoms with Crippen molar-refractivity contribution in [2.24, 2.45) is 10.9 Å². The van der Waals surface area contributed by atoms with Gasteiger partial charge in [-0.3, -0.25) is 14.4 Å². The molecule has 0 spiro atoms. The third kappa shape index (κ3) is 4.32. The summed E-state index contributed by atoms with van der Waals surface area (Å²) in [5.74, 6) is 0.945. The van der Waals surface area contributed by atoms with E-state index in [1.807, 2.05) is 18.3 Å². The van der Waals surface area contributed by atoms with Crippen molar-refractivity contribution in [2.75, 3.05) is 18.0 Å². The highest BCUT2D eigenvalue weighted by Crippen LogP contribution is 2.22. The summed E-state index contributed by atoms with van der Waals surface area (Å²) in [6.45, 7) is 3.68. The molecule has 4 rings (SSSR count). The maximum atomic E-state index is 13.3. The lowest BCUT2D eigenvalue weighted by atomic mass is 9.95. The highest BCUT2D eigenvalue weighted by molar-refractivity contribution is 5.81. The number of anilines is 1. The number of nitrogens with zero attached hydrogens (tertiary/aromatic N) is 5. The van der Waals surface area contributed by atoms with E-state index in [0.717, 1.165) is 55.8 Å². The van der Waals surface area contributed by atoms with Gasteiger partial charge in [0, 0.05) is 37.6 Å². The van der Waals surface area contributed by atoms with E-state index >= 15 is 0 Å². The molecule has 2 aromatic heterocycles. The molecule has 2 fully saturated rings. The number of aryl methyl sites for hydroxylation is 1. The summed E-state index contributed by atoms with van der Waals surface area (Å²) in [6.07, 6.45) is 13.1. The summed E-state index contributed by atoms with van der Waals surface area (Å²) in [7, 11) is 0. The Morgan fingerprint density at radius 3 is 2.50 bits per heavy atom. The van der Waals surface area contributed by atoms with Crippen LogP contribution in [0.2, 0.25) is 0 Å². The maximum absolute atomic E-state index is 13.3. The number of carbonyl (C=O) groups excluding carboxylic acids is 1. The zero-order valence-corrected chi connectivity index (χ0v) is 16.6. The average molecular weight is 380 g/mol. The Morgan fingerprint density at radius 2 is 1.79 bits per heavy atom. The van der Waals surface area contributed by atoms with Gasteiger partial charge in [-0.1, -0.05) is 19.3 Å². The van der Waals surface area contributed by atoms with Gasteiger partial charge >= 0.3 is 0 Å². The Balaban J connectivity index is 1.50. The van der Waals surface area contributed by atoms with Gasteiger partial charge in [0.05, 0.1) is 6.04 Å². The summed E-state index contributed by atoms with van der Waals surface area (Å²) in [4.78, 5) is 29.1. The third-order valence-corrected chi connectivity index (χ3v) is 5.90. The normalized spacial score (nSPS) is 19.8. The van der Waals surface area contributed by atoms with Crippen LogP contribution in [0.15, 0.2) is 41.8 Å². The van der Waals surface area contributed by atoms with E-state index in [1.165, 1.54) is 19.3 Å². The molecule has 0 amide bonds. The molecule has 0 atom stereocenters. The Kier molecular flexibility index (Phi) is 5.84. The van der Waals surface area contributed by atoms with Gasteiger partial charge in [-0.05, 0) is 56.4 Å². The van der Waals surface area contributed by atoms with Gasteiger partial charge in [0.25, 0.3) is 0 Å². The molecule has 0 unspecified atom stereocenters. The zero-order valence-electron chi connectivity index (χ0n) is 16.6. The van der Waals surface area contributed by atoms with E-state index in [-0.39, 0.29) is 11.8 Å². The van der Waals surface area contributed by atoms with Crippen LogP contribution in [0.25, 0.3) is 0 Å². The minimum absolute atomic E-state index is 0.0213. The molecule has 6 heteroatoms. The molecule has 0 radical (unpaired) electrons. The second kappa shape index (κ2) is 8.67. The van der Waals surface area contributed by atoms with Crippen molar-refractivity contribution < 1.29 is 4.79 Å². The molecule has 28 heavy (non-hydrogen) atoms. The van der Waals surface area contributed by atoms with Crippen molar-refractivity contribution in [1.29, 1.82) is 0 Å². The summed E-state index contributed by atoms with van der Waals surface area (Å²) in [5.41, 5.74) is 1.97. The molecule has 0 aromatic carbocycles. The Morgan fingerprint density at radius 1 is 1.07 bits per heavy atom. The topological polar surface area (TPSA) is 63.4 Å². The monoisotopic (exact) mass is 379 g/mol. The van der Waals surface area contributed by atoms with Crippen LogP contribution < -0.4 is 10.4 Å². The average Bonchev–Trinajstić information content (AvgIpc) is 2.75. The Labute approximate surface area is 166 Å². The number of pyridine rings is 1. The van der Waals surface area contributed by atoms with E-state index in [0.29, 0.717) is 6.04 Å². The van der Waals surface area contributed by atoms with Crippen LogP contribution in [-0.4, -0.2) is 39.6 Å². The minimum atomic E-state index is 0.0213. The lowest BCUT2D eigenvalue weighted by Gasteiger charge is -2.31. The Hall–Kier alpha value is -2.50. The summed E-state index contributed by atoms with van der Waals surface area (Å²) in [5, 5.41) is 0. The smallest absolute Gasteiger partial charge is 0.235 e. The summed E-state index contributed by atoms with van der Waals surface area (Å²) < 4.78 is 1.79. The molecule has 2 aliphatic rings. The van der Waals surface area contributed by atoms with E-state index < -0.39 is 0 Å². The number of hydrogen-bond donors (Lipinski definition) is 0. The van der Waals surface area contributed by atoms with Crippen molar-refractivity contribution in [3.8, 4) is 0 Å². The first kappa shape index (κ1) is 18.8. The highest BCUT2D eigenvalue weighted by Gasteiger charge is 2.27. The van der Waals surface area contributed by atoms with Crippen molar-refractivity contribution >= 4 is 11.9 Å². The number of aromatic nitrogens is 3. The van der Waals surface area contributed by atoms with Crippen molar-refractivity contribution in [3.63, 3.8) is 0 Å². The van der Waals surface area contributed by atoms with E-state index in [1.54, 1.807) is 17.0 Å². The lowest BCUT2D eigenvalue weighted by Crippen LogP contribution is -2.41. The SMILES string of the molecule is Cc1ccn(C(=O)C2CCN(c3ncccn3)CC2)c(=NC2CCCCC2)c1. The second-order valence-electron chi connectivity index (χ2n) is 8.00. The molecule has 1 aliphatic heterocycles. The quantitative estimate of drug-likeness (QED) is 0.820. The molecule has 6 nitrogen and oxygen atoms in total. The molecule has 2 aromatic rings. The second-order valence-corrected chi connectivity index (χ2v) is 8.00. The van der Waals surface area contributed by atoms with Gasteiger partial charge < -0.3 is 4.90 Å². The van der Waals surface area contributed by atoms with Crippen molar-refractivity contribution in [2.45, 2.75) is 57.9 Å². The highest BCUT2D eigenvalue weighted by atomic mass is 16.2. The standard InChI is InChI=1S/C22H29N5O/c1-17-8-15-27(20(16-17)25-19-6-3-2-4-7-19)21(28)18-9-13-26(14-10-18)22-23-11-5-12-24-22/h5,8,11-12,15-16,18-19H,2-4,6-7,9-10,13-14H2,1H3. The van der Waals surface area contributed by atoms with Crippen LogP contribution in [0.3, 0.4) is 0 Å². The van der Waals surface area contributed by atoms with Gasteiger partial charge in [0.1, 0.15) is 5.49 Å². The van der Waals surface area contributed by atoms with Crippen LogP contribution in [0, 0.1) is 12.8 Å². The molecule has 0 bridgehead atoms. The molecule has 148 valence electrons. The van der Waals surface area contributed by atoms with E-state index in [2.05, 4.69) is 27.9 Å². The third-order valence-electron chi connectivity index (χ3n) is 5.90. The molecule has 0 N–H and O–H groups in total. The first-order valence-corrected chi connectivity index (χ1v) is 10.5. The van der Waals surface area contributed by atoms with Gasteiger partial charge in [-0.2, -0.15) is 0 Å². The van der Waals surface area contributed by atoms with Gasteiger partial charge in [-0.25, -0.2) is 9.97 Å². The Bertz CT molecular complexity index is 862. The predicted octanol–water partition coefficient (Wildman–Crippen LogP) is 3.38. The van der Waals surface area contributed by atoms with Gasteiger partial charge in [0.15, 0.2) is 0 Å². The fourth-order valence-corrected chi connectivity index (χ4v) is 4.25. The first-order chi connectivity index (χ1) is 13.7. The lowest BCUT2D eigenvalue weighted by molar-refractivity contribution is 0.0806. The minimum Gasteiger partial charge on any atom is -0.341 e. The molecule has 1 aliphatic carbocycles. The van der Waals surface area contributed by atoms with E-state index in [4.69, 9.17) is 4.99 Å². The van der Waals surface area contributed by atoms with Crippen LogP contribution in [0.5, 0.6) is 0 Å². The van der Waals surface area contributed by atoms with Gasteiger partial charge in [0.2, 0.25) is 11.9 Å². The molecule has 1 saturated heterocycles. The van der Waals surface area contributed by atoms with Crippen LogP contribution >= 0.6 is 0 Å². The fourth-order valence-electron chi connectivity index (χ4n) is 4.25. The number of hydrogen-bond acceptors (Lipinski definition) is 5. The van der Waals surface area contributed by atoms with Crippen molar-refractivity contribution in [3.05, 3.63) is 47.8 Å². The fraction of sp³-hybridized carbons (Fsp3) is 0.545. The molecular formula is C22H29N5O. The van der Waals surface area contributed by atoms with Crippen LogP contribution in [0.1, 0.15) is 55.3 Å². The number of rotatable bonds is 3. The van der Waals surface area contributed by atoms with Gasteiger partial charge in [-0.15, -0.1) is 0 Å². The maximum Gasteiger partial charge on any atom is 0.235 e. The number of carbonyl (C=O) groups is 1. The van der Waals surface area contributed by atoms with Crippen molar-refractivity contribution in [1.82, 2.24) is 14.5 Å². The largest absolute Gasteiger partial charge is 0.341 e. The summed E-state index contributed by atoms with van der Waals surface area (Å²) in [6, 6.07) is 6.24. The zero-order chi connectivity index (χ0) is 19.3.